The Morgan fingerprint density at radius 3 is 2.14 bits per heavy atom. The molecule has 0 aromatic carbocycles. The highest BCUT2D eigenvalue weighted by molar-refractivity contribution is 7.98. The van der Waals surface area contributed by atoms with Crippen LogP contribution < -0.4 is 16.0 Å². The topological polar surface area (TPSA) is 140 Å². The van der Waals surface area contributed by atoms with Crippen molar-refractivity contribution in [1.29, 1.82) is 0 Å². The van der Waals surface area contributed by atoms with E-state index in [0.717, 1.165) is 0 Å². The number of ether oxygens (including phenoxy) is 2. The molecule has 10 nitrogen and oxygen atoms in total. The lowest BCUT2D eigenvalue weighted by Crippen LogP contribution is -2.50. The van der Waals surface area contributed by atoms with Crippen molar-refractivity contribution in [2.75, 3.05) is 31.8 Å². The Morgan fingerprint density at radius 1 is 0.964 bits per heavy atom. The van der Waals surface area contributed by atoms with Crippen molar-refractivity contribution < 1.29 is 33.4 Å². The van der Waals surface area contributed by atoms with Gasteiger partial charge in [-0.3, -0.25) is 19.2 Å². The van der Waals surface area contributed by atoms with E-state index in [1.165, 1.54) is 18.7 Å². The Labute approximate surface area is 168 Å². The van der Waals surface area contributed by atoms with Crippen molar-refractivity contribution in [2.45, 2.75) is 45.7 Å². The second-order valence-corrected chi connectivity index (χ2v) is 6.55. The summed E-state index contributed by atoms with van der Waals surface area (Å²) in [5, 5.41) is 7.41. The first-order valence-electron chi connectivity index (χ1n) is 8.90. The van der Waals surface area contributed by atoms with Gasteiger partial charge in [0, 0.05) is 19.1 Å². The van der Waals surface area contributed by atoms with Crippen LogP contribution in [0.3, 0.4) is 0 Å². The van der Waals surface area contributed by atoms with E-state index in [0.29, 0.717) is 5.75 Å². The second kappa shape index (κ2) is 14.7. The lowest BCUT2D eigenvalue weighted by molar-refractivity contribution is -0.147. The van der Waals surface area contributed by atoms with Crippen LogP contribution in [0.15, 0.2) is 0 Å². The Hall–Kier alpha value is -2.30. The van der Waals surface area contributed by atoms with Gasteiger partial charge in [0.25, 0.3) is 0 Å². The van der Waals surface area contributed by atoms with Crippen molar-refractivity contribution in [1.82, 2.24) is 16.0 Å². The molecule has 11 heteroatoms. The van der Waals surface area contributed by atoms with Gasteiger partial charge < -0.3 is 25.4 Å². The van der Waals surface area contributed by atoms with E-state index in [4.69, 9.17) is 9.47 Å². The van der Waals surface area contributed by atoms with Gasteiger partial charge in [-0.15, -0.1) is 0 Å². The third-order valence-corrected chi connectivity index (χ3v) is 3.97. The van der Waals surface area contributed by atoms with Crippen LogP contribution in [0.4, 0.5) is 0 Å². The molecule has 0 rings (SSSR count). The standard InChI is InChI=1S/C17H29N3O7S/c1-5-26-15(23)9-18-16(24)13(10-28-4)20-14(22)8-7-12(19-11(3)21)17(25)27-6-2/h12-13H,5-10H2,1-4H3,(H,18,24)(H,19,21)(H,20,22)/t12-,13-/m0/s1. The smallest absolute Gasteiger partial charge is 0.328 e. The summed E-state index contributed by atoms with van der Waals surface area (Å²) in [6, 6.07) is -1.79. The van der Waals surface area contributed by atoms with Crippen molar-refractivity contribution in [3.8, 4) is 0 Å². The summed E-state index contributed by atoms with van der Waals surface area (Å²) < 4.78 is 9.60. The minimum absolute atomic E-state index is 0.0285. The van der Waals surface area contributed by atoms with E-state index >= 15 is 0 Å². The molecule has 160 valence electrons. The van der Waals surface area contributed by atoms with Gasteiger partial charge in [0.1, 0.15) is 18.6 Å². The van der Waals surface area contributed by atoms with Gasteiger partial charge in [0.15, 0.2) is 0 Å². The van der Waals surface area contributed by atoms with Crippen LogP contribution >= 0.6 is 11.8 Å². The average molecular weight is 420 g/mol. The van der Waals surface area contributed by atoms with Gasteiger partial charge in [0.05, 0.1) is 13.2 Å². The molecule has 0 radical (unpaired) electrons. The maximum atomic E-state index is 12.2. The van der Waals surface area contributed by atoms with E-state index in [1.54, 1.807) is 20.1 Å². The summed E-state index contributed by atoms with van der Waals surface area (Å²) in [5.41, 5.74) is 0. The first-order valence-corrected chi connectivity index (χ1v) is 10.3. The molecule has 0 spiro atoms. The summed E-state index contributed by atoms with van der Waals surface area (Å²) in [5.74, 6) is -2.30. The fourth-order valence-electron chi connectivity index (χ4n) is 2.12. The Kier molecular flexibility index (Phi) is 13.5. The molecular formula is C17H29N3O7S. The summed E-state index contributed by atoms with van der Waals surface area (Å²) in [6.07, 6.45) is 1.70. The van der Waals surface area contributed by atoms with Gasteiger partial charge in [-0.05, 0) is 26.5 Å². The van der Waals surface area contributed by atoms with Crippen LogP contribution in [0.2, 0.25) is 0 Å². The first-order chi connectivity index (χ1) is 13.2. The molecule has 0 fully saturated rings. The van der Waals surface area contributed by atoms with Gasteiger partial charge in [0.2, 0.25) is 17.7 Å². The molecule has 0 aliphatic rings. The van der Waals surface area contributed by atoms with Crippen LogP contribution in [-0.2, 0) is 33.4 Å². The molecule has 0 saturated carbocycles. The van der Waals surface area contributed by atoms with E-state index in [9.17, 15) is 24.0 Å². The summed E-state index contributed by atoms with van der Waals surface area (Å²) in [4.78, 5) is 58.8. The molecule has 0 aromatic heterocycles. The quantitative estimate of drug-likeness (QED) is 0.335. The van der Waals surface area contributed by atoms with Crippen LogP contribution in [0.5, 0.6) is 0 Å². The minimum Gasteiger partial charge on any atom is -0.465 e. The lowest BCUT2D eigenvalue weighted by atomic mass is 10.1. The molecule has 0 unspecified atom stereocenters. The monoisotopic (exact) mass is 419 g/mol. The number of amides is 3. The Balaban J connectivity index is 4.68. The predicted octanol–water partition coefficient (Wildman–Crippen LogP) is -0.638. The number of rotatable bonds is 13. The average Bonchev–Trinajstić information content (AvgIpc) is 2.62. The number of thioether (sulfide) groups is 1. The second-order valence-electron chi connectivity index (χ2n) is 5.64. The molecule has 0 aliphatic carbocycles. The normalized spacial score (nSPS) is 12.3. The van der Waals surface area contributed by atoms with Crippen LogP contribution in [0.25, 0.3) is 0 Å². The molecule has 28 heavy (non-hydrogen) atoms. The lowest BCUT2D eigenvalue weighted by Gasteiger charge is -2.19. The van der Waals surface area contributed by atoms with Crippen molar-refractivity contribution in [2.24, 2.45) is 0 Å². The van der Waals surface area contributed by atoms with Crippen molar-refractivity contribution in [3.63, 3.8) is 0 Å². The van der Waals surface area contributed by atoms with Gasteiger partial charge in [-0.1, -0.05) is 0 Å². The first kappa shape index (κ1) is 25.7. The van der Waals surface area contributed by atoms with Crippen molar-refractivity contribution in [3.05, 3.63) is 0 Å². The van der Waals surface area contributed by atoms with Crippen LogP contribution in [0.1, 0.15) is 33.6 Å². The number of nitrogens with one attached hydrogen (secondary N) is 3. The molecule has 0 heterocycles. The van der Waals surface area contributed by atoms with E-state index in [-0.39, 0.29) is 32.6 Å². The fraction of sp³-hybridized carbons (Fsp3) is 0.706. The zero-order valence-corrected chi connectivity index (χ0v) is 17.5. The molecule has 3 amide bonds. The highest BCUT2D eigenvalue weighted by atomic mass is 32.2. The zero-order chi connectivity index (χ0) is 21.5. The third kappa shape index (κ3) is 11.4. The molecule has 0 bridgehead atoms. The molecular weight excluding hydrogens is 390 g/mol. The van der Waals surface area contributed by atoms with Crippen LogP contribution in [0, 0.1) is 0 Å². The molecule has 0 saturated heterocycles. The molecule has 0 aliphatic heterocycles. The number of carbonyl (C=O) groups excluding carboxylic acids is 5. The SMILES string of the molecule is CCOC(=O)CNC(=O)[C@H](CSC)NC(=O)CC[C@H](NC(C)=O)C(=O)OCC. The maximum absolute atomic E-state index is 12.2. The van der Waals surface area contributed by atoms with E-state index < -0.39 is 41.7 Å². The number of esters is 2. The number of hydrogen-bond donors (Lipinski definition) is 3. The highest BCUT2D eigenvalue weighted by Gasteiger charge is 2.24. The van der Waals surface area contributed by atoms with Gasteiger partial charge in [-0.25, -0.2) is 4.79 Å². The number of carbonyl (C=O) groups is 5. The summed E-state index contributed by atoms with van der Waals surface area (Å²) >= 11 is 1.35. The highest BCUT2D eigenvalue weighted by Crippen LogP contribution is 2.03. The molecule has 3 N–H and O–H groups in total. The largest absolute Gasteiger partial charge is 0.465 e. The Morgan fingerprint density at radius 2 is 1.61 bits per heavy atom. The predicted molar refractivity (Wildman–Crippen MR) is 103 cm³/mol. The summed E-state index contributed by atoms with van der Waals surface area (Å²) in [6.45, 7) is 4.61. The van der Waals surface area contributed by atoms with Crippen molar-refractivity contribution >= 4 is 41.4 Å². The zero-order valence-electron chi connectivity index (χ0n) is 16.7. The van der Waals surface area contributed by atoms with E-state index in [2.05, 4.69) is 16.0 Å². The molecule has 2 atom stereocenters. The number of hydrogen-bond acceptors (Lipinski definition) is 8. The minimum atomic E-state index is -0.945. The molecule has 0 aromatic rings. The summed E-state index contributed by atoms with van der Waals surface area (Å²) in [7, 11) is 0. The fourth-order valence-corrected chi connectivity index (χ4v) is 2.69. The third-order valence-electron chi connectivity index (χ3n) is 3.31. The van der Waals surface area contributed by atoms with Gasteiger partial charge >= 0.3 is 11.9 Å². The van der Waals surface area contributed by atoms with Crippen LogP contribution in [-0.4, -0.2) is 73.5 Å². The Bertz CT molecular complexity index is 557. The van der Waals surface area contributed by atoms with Gasteiger partial charge in [-0.2, -0.15) is 11.8 Å². The maximum Gasteiger partial charge on any atom is 0.328 e. The van der Waals surface area contributed by atoms with E-state index in [1.807, 2.05) is 0 Å².